The summed E-state index contributed by atoms with van der Waals surface area (Å²) in [6.07, 6.45) is 1.16. The fraction of sp³-hybridized carbons (Fsp3) is 0.727. The predicted molar refractivity (Wildman–Crippen MR) is 65.7 cm³/mol. The van der Waals surface area contributed by atoms with Crippen molar-refractivity contribution in [3.63, 3.8) is 0 Å². The van der Waals surface area contributed by atoms with Gasteiger partial charge in [0.2, 0.25) is 5.89 Å². The van der Waals surface area contributed by atoms with Gasteiger partial charge in [-0.3, -0.25) is 4.79 Å². The topological polar surface area (TPSA) is 65.2 Å². The molecule has 0 bridgehead atoms. The average molecular weight is 258 g/mol. The van der Waals surface area contributed by atoms with Crippen molar-refractivity contribution in [1.82, 2.24) is 10.1 Å². The lowest BCUT2D eigenvalue weighted by Gasteiger charge is -2.04. The molecular weight excluding hydrogens is 240 g/mol. The third-order valence-corrected chi connectivity index (χ3v) is 3.51. The minimum Gasteiger partial charge on any atom is -0.466 e. The van der Waals surface area contributed by atoms with E-state index in [-0.39, 0.29) is 12.4 Å². The Kier molecular flexibility index (Phi) is 6.04. The second-order valence-corrected chi connectivity index (χ2v) is 5.04. The number of esters is 1. The first kappa shape index (κ1) is 14.0. The average Bonchev–Trinajstić information content (AvgIpc) is 2.74. The summed E-state index contributed by atoms with van der Waals surface area (Å²) < 4.78 is 9.77. The van der Waals surface area contributed by atoms with Crippen LogP contribution in [0.4, 0.5) is 0 Å². The van der Waals surface area contributed by atoms with Crippen LogP contribution in [0, 0.1) is 0 Å². The van der Waals surface area contributed by atoms with E-state index >= 15 is 0 Å². The number of hydrogen-bond acceptors (Lipinski definition) is 6. The van der Waals surface area contributed by atoms with Crippen molar-refractivity contribution in [2.75, 3.05) is 6.61 Å². The number of rotatable bonds is 7. The molecule has 0 fully saturated rings. The van der Waals surface area contributed by atoms with Gasteiger partial charge < -0.3 is 9.26 Å². The standard InChI is InChI=1S/C11H18N2O3S/c1-4-8(3)17-7-9-12-10(16-13-9)6-11(14)15-5-2/h8H,4-7H2,1-3H3. The molecule has 0 radical (unpaired) electrons. The second-order valence-electron chi connectivity index (χ2n) is 3.62. The van der Waals surface area contributed by atoms with Gasteiger partial charge in [0.15, 0.2) is 5.82 Å². The van der Waals surface area contributed by atoms with Gasteiger partial charge in [0.1, 0.15) is 6.42 Å². The van der Waals surface area contributed by atoms with E-state index in [1.54, 1.807) is 18.7 Å². The van der Waals surface area contributed by atoms with Crippen LogP contribution in [0.25, 0.3) is 0 Å². The van der Waals surface area contributed by atoms with Crippen molar-refractivity contribution in [3.8, 4) is 0 Å². The molecule has 0 aromatic carbocycles. The zero-order valence-electron chi connectivity index (χ0n) is 10.4. The molecule has 0 aliphatic rings. The van der Waals surface area contributed by atoms with Gasteiger partial charge >= 0.3 is 5.97 Å². The maximum absolute atomic E-state index is 11.2. The molecule has 1 aromatic heterocycles. The molecule has 0 aliphatic heterocycles. The summed E-state index contributed by atoms with van der Waals surface area (Å²) in [5.41, 5.74) is 0. The summed E-state index contributed by atoms with van der Waals surface area (Å²) in [6, 6.07) is 0. The van der Waals surface area contributed by atoms with E-state index < -0.39 is 0 Å². The van der Waals surface area contributed by atoms with E-state index in [0.717, 1.165) is 6.42 Å². The Morgan fingerprint density at radius 3 is 2.94 bits per heavy atom. The van der Waals surface area contributed by atoms with Crippen LogP contribution in [0.1, 0.15) is 38.9 Å². The minimum absolute atomic E-state index is 0.0504. The fourth-order valence-corrected chi connectivity index (χ4v) is 1.88. The molecule has 0 aliphatic carbocycles. The van der Waals surface area contributed by atoms with Crippen LogP contribution in [0.2, 0.25) is 0 Å². The number of ether oxygens (including phenoxy) is 1. The lowest BCUT2D eigenvalue weighted by molar-refractivity contribution is -0.142. The monoisotopic (exact) mass is 258 g/mol. The van der Waals surface area contributed by atoms with E-state index in [4.69, 9.17) is 9.26 Å². The first-order valence-corrected chi connectivity index (χ1v) is 6.79. The van der Waals surface area contributed by atoms with Gasteiger partial charge in [-0.2, -0.15) is 16.7 Å². The molecule has 0 saturated carbocycles. The molecular formula is C11H18N2O3S. The molecule has 96 valence electrons. The molecule has 1 atom stereocenters. The van der Waals surface area contributed by atoms with Gasteiger partial charge in [-0.15, -0.1) is 0 Å². The largest absolute Gasteiger partial charge is 0.466 e. The van der Waals surface area contributed by atoms with Gasteiger partial charge in [-0.1, -0.05) is 19.0 Å². The lowest BCUT2D eigenvalue weighted by atomic mass is 10.4. The number of carbonyl (C=O) groups excluding carboxylic acids is 1. The van der Waals surface area contributed by atoms with Crippen LogP contribution in [-0.4, -0.2) is 28.0 Å². The Labute approximate surface area is 105 Å². The van der Waals surface area contributed by atoms with Gasteiger partial charge in [0.05, 0.1) is 12.4 Å². The van der Waals surface area contributed by atoms with Crippen LogP contribution >= 0.6 is 11.8 Å². The zero-order valence-corrected chi connectivity index (χ0v) is 11.2. The quantitative estimate of drug-likeness (QED) is 0.699. The first-order valence-electron chi connectivity index (χ1n) is 5.74. The summed E-state index contributed by atoms with van der Waals surface area (Å²) in [5, 5.41) is 4.39. The normalized spacial score (nSPS) is 12.4. The van der Waals surface area contributed by atoms with Crippen molar-refractivity contribution in [1.29, 1.82) is 0 Å². The minimum atomic E-state index is -0.336. The summed E-state index contributed by atoms with van der Waals surface area (Å²) in [5.74, 6) is 1.33. The molecule has 1 aromatic rings. The third kappa shape index (κ3) is 5.21. The van der Waals surface area contributed by atoms with Crippen molar-refractivity contribution in [2.45, 2.75) is 44.6 Å². The highest BCUT2D eigenvalue weighted by molar-refractivity contribution is 7.99. The van der Waals surface area contributed by atoms with E-state index in [1.807, 2.05) is 0 Å². The highest BCUT2D eigenvalue weighted by Gasteiger charge is 2.12. The van der Waals surface area contributed by atoms with Crippen LogP contribution < -0.4 is 0 Å². The Morgan fingerprint density at radius 1 is 1.53 bits per heavy atom. The summed E-state index contributed by atoms with van der Waals surface area (Å²) in [6.45, 7) is 6.42. The number of carbonyl (C=O) groups is 1. The van der Waals surface area contributed by atoms with Crippen molar-refractivity contribution in [3.05, 3.63) is 11.7 Å². The van der Waals surface area contributed by atoms with Crippen molar-refractivity contribution < 1.29 is 14.1 Å². The van der Waals surface area contributed by atoms with E-state index in [1.165, 1.54) is 0 Å². The molecule has 1 unspecified atom stereocenters. The summed E-state index contributed by atoms with van der Waals surface area (Å²) in [7, 11) is 0. The second kappa shape index (κ2) is 7.32. The number of aromatic nitrogens is 2. The van der Waals surface area contributed by atoms with Gasteiger partial charge in [0, 0.05) is 5.25 Å². The van der Waals surface area contributed by atoms with E-state index in [2.05, 4.69) is 24.0 Å². The van der Waals surface area contributed by atoms with Crippen molar-refractivity contribution >= 4 is 17.7 Å². The van der Waals surface area contributed by atoms with Crippen LogP contribution in [-0.2, 0) is 21.7 Å². The summed E-state index contributed by atoms with van der Waals surface area (Å²) >= 11 is 1.77. The summed E-state index contributed by atoms with van der Waals surface area (Å²) in [4.78, 5) is 15.3. The molecule has 0 saturated heterocycles. The molecule has 1 rings (SSSR count). The molecule has 1 heterocycles. The Balaban J connectivity index is 2.39. The molecule has 0 spiro atoms. The number of nitrogens with zero attached hydrogens (tertiary/aromatic N) is 2. The van der Waals surface area contributed by atoms with E-state index in [9.17, 15) is 4.79 Å². The highest BCUT2D eigenvalue weighted by Crippen LogP contribution is 2.18. The Hall–Kier alpha value is -1.04. The van der Waals surface area contributed by atoms with Gasteiger partial charge in [-0.05, 0) is 13.3 Å². The van der Waals surface area contributed by atoms with Crippen molar-refractivity contribution in [2.24, 2.45) is 0 Å². The SMILES string of the molecule is CCOC(=O)Cc1nc(CSC(C)CC)no1. The van der Waals surface area contributed by atoms with Crippen LogP contribution in [0.15, 0.2) is 4.52 Å². The number of thioether (sulfide) groups is 1. The van der Waals surface area contributed by atoms with Gasteiger partial charge in [0.25, 0.3) is 0 Å². The fourth-order valence-electron chi connectivity index (χ4n) is 1.09. The van der Waals surface area contributed by atoms with Crippen LogP contribution in [0.3, 0.4) is 0 Å². The molecule has 0 amide bonds. The first-order chi connectivity index (χ1) is 8.15. The van der Waals surface area contributed by atoms with E-state index in [0.29, 0.717) is 29.3 Å². The molecule has 6 heteroatoms. The molecule has 5 nitrogen and oxygen atoms in total. The Bertz CT molecular complexity index is 354. The molecule has 17 heavy (non-hydrogen) atoms. The third-order valence-electron chi connectivity index (χ3n) is 2.18. The maximum Gasteiger partial charge on any atom is 0.315 e. The lowest BCUT2D eigenvalue weighted by Crippen LogP contribution is -2.07. The predicted octanol–water partition coefficient (Wildman–Crippen LogP) is 2.21. The Morgan fingerprint density at radius 2 is 2.29 bits per heavy atom. The van der Waals surface area contributed by atoms with Crippen LogP contribution in [0.5, 0.6) is 0 Å². The smallest absolute Gasteiger partial charge is 0.315 e. The highest BCUT2D eigenvalue weighted by atomic mass is 32.2. The van der Waals surface area contributed by atoms with Gasteiger partial charge in [-0.25, -0.2) is 0 Å². The maximum atomic E-state index is 11.2. The number of hydrogen-bond donors (Lipinski definition) is 0. The zero-order chi connectivity index (χ0) is 12.7. The molecule has 0 N–H and O–H groups in total.